The molecule has 1 aromatic carbocycles. The highest BCUT2D eigenvalue weighted by Crippen LogP contribution is 2.26. The van der Waals surface area contributed by atoms with Gasteiger partial charge in [0.15, 0.2) is 0 Å². The van der Waals surface area contributed by atoms with E-state index in [0.29, 0.717) is 21.5 Å². The van der Waals surface area contributed by atoms with Gasteiger partial charge < -0.3 is 10.5 Å². The number of hydrogen-bond donors (Lipinski definition) is 2. The molecule has 0 saturated carbocycles. The van der Waals surface area contributed by atoms with Crippen LogP contribution in [0.25, 0.3) is 0 Å². The zero-order valence-corrected chi connectivity index (χ0v) is 12.6. The van der Waals surface area contributed by atoms with Gasteiger partial charge in [-0.25, -0.2) is 0 Å². The minimum atomic E-state index is -0.0781. The highest BCUT2D eigenvalue weighted by atomic mass is 35.5. The van der Waals surface area contributed by atoms with E-state index in [1.807, 2.05) is 6.92 Å². The predicted molar refractivity (Wildman–Crippen MR) is 79.8 cm³/mol. The molecule has 0 aliphatic heterocycles. The summed E-state index contributed by atoms with van der Waals surface area (Å²) >= 11 is 12.1. The van der Waals surface area contributed by atoms with E-state index in [9.17, 15) is 0 Å². The lowest BCUT2D eigenvalue weighted by atomic mass is 10.2. The first-order chi connectivity index (χ1) is 9.40. The summed E-state index contributed by atoms with van der Waals surface area (Å²) in [5.41, 5.74) is 7.60. The van der Waals surface area contributed by atoms with Gasteiger partial charge in [-0.1, -0.05) is 23.2 Å². The molecule has 0 unspecified atom stereocenters. The van der Waals surface area contributed by atoms with Crippen LogP contribution in [-0.2, 0) is 13.7 Å². The Morgan fingerprint density at radius 1 is 1.45 bits per heavy atom. The SMILES string of the molecule is Cc1nn(C)c(Cl)c1COc1cc(Cl)ccc1C(=N)N. The monoisotopic (exact) mass is 312 g/mol. The molecule has 0 bridgehead atoms. The van der Waals surface area contributed by atoms with Crippen LogP contribution in [0.3, 0.4) is 0 Å². The van der Waals surface area contributed by atoms with E-state index in [0.717, 1.165) is 11.3 Å². The van der Waals surface area contributed by atoms with E-state index in [1.54, 1.807) is 29.9 Å². The molecule has 0 aliphatic rings. The minimum absolute atomic E-state index is 0.0781. The van der Waals surface area contributed by atoms with E-state index < -0.39 is 0 Å². The third-order valence-electron chi connectivity index (χ3n) is 2.88. The molecule has 2 rings (SSSR count). The Morgan fingerprint density at radius 3 is 2.70 bits per heavy atom. The zero-order valence-electron chi connectivity index (χ0n) is 11.1. The second-order valence-corrected chi connectivity index (χ2v) is 5.12. The summed E-state index contributed by atoms with van der Waals surface area (Å²) in [5.74, 6) is 0.370. The molecule has 0 amide bonds. The summed E-state index contributed by atoms with van der Waals surface area (Å²) in [7, 11) is 1.76. The van der Waals surface area contributed by atoms with Crippen molar-refractivity contribution in [2.45, 2.75) is 13.5 Å². The number of nitrogens with one attached hydrogen (secondary N) is 1. The van der Waals surface area contributed by atoms with Crippen molar-refractivity contribution in [2.75, 3.05) is 0 Å². The quantitative estimate of drug-likeness (QED) is 0.673. The summed E-state index contributed by atoms with van der Waals surface area (Å²) in [6.45, 7) is 2.09. The standard InChI is InChI=1S/C13H14Cl2N4O/c1-7-10(12(15)19(2)18-7)6-20-11-5-8(14)3-4-9(11)13(16)17/h3-5H,6H2,1-2H3,(H3,16,17). The molecular weight excluding hydrogens is 299 g/mol. The molecule has 0 saturated heterocycles. The van der Waals surface area contributed by atoms with Gasteiger partial charge in [-0.05, 0) is 25.1 Å². The van der Waals surface area contributed by atoms with Crippen molar-refractivity contribution in [1.29, 1.82) is 5.41 Å². The van der Waals surface area contributed by atoms with Crippen LogP contribution in [0.5, 0.6) is 5.75 Å². The van der Waals surface area contributed by atoms with Crippen LogP contribution in [0.4, 0.5) is 0 Å². The van der Waals surface area contributed by atoms with E-state index in [-0.39, 0.29) is 12.4 Å². The molecular formula is C13H14Cl2N4O. The third kappa shape index (κ3) is 2.89. The van der Waals surface area contributed by atoms with Crippen LogP contribution in [0.1, 0.15) is 16.8 Å². The van der Waals surface area contributed by atoms with Gasteiger partial charge >= 0.3 is 0 Å². The molecule has 0 spiro atoms. The van der Waals surface area contributed by atoms with Crippen LogP contribution in [0, 0.1) is 12.3 Å². The van der Waals surface area contributed by atoms with E-state index in [4.69, 9.17) is 39.1 Å². The Bertz CT molecular complexity index is 667. The average molecular weight is 313 g/mol. The molecule has 2 aromatic rings. The Kier molecular flexibility index (Phi) is 4.20. The first-order valence-electron chi connectivity index (χ1n) is 5.85. The highest BCUT2D eigenvalue weighted by molar-refractivity contribution is 6.31. The van der Waals surface area contributed by atoms with Crippen LogP contribution < -0.4 is 10.5 Å². The number of hydrogen-bond acceptors (Lipinski definition) is 3. The molecule has 5 nitrogen and oxygen atoms in total. The zero-order chi connectivity index (χ0) is 14.9. The number of ether oxygens (including phenoxy) is 1. The maximum absolute atomic E-state index is 7.53. The summed E-state index contributed by atoms with van der Waals surface area (Å²) < 4.78 is 7.28. The number of nitrogen functional groups attached to an aromatic ring is 1. The van der Waals surface area contributed by atoms with Gasteiger partial charge in [-0.2, -0.15) is 5.10 Å². The first kappa shape index (κ1) is 14.7. The first-order valence-corrected chi connectivity index (χ1v) is 6.60. The molecule has 3 N–H and O–H groups in total. The van der Waals surface area contributed by atoms with Gasteiger partial charge in [0.05, 0.1) is 11.3 Å². The van der Waals surface area contributed by atoms with Crippen LogP contribution >= 0.6 is 23.2 Å². The van der Waals surface area contributed by atoms with Gasteiger partial charge in [0, 0.05) is 17.6 Å². The molecule has 1 aromatic heterocycles. The molecule has 106 valence electrons. The number of halogens is 2. The van der Waals surface area contributed by atoms with E-state index in [1.165, 1.54) is 0 Å². The van der Waals surface area contributed by atoms with E-state index >= 15 is 0 Å². The number of aryl methyl sites for hydroxylation is 2. The number of amidine groups is 1. The summed E-state index contributed by atoms with van der Waals surface area (Å²) in [5, 5.41) is 12.8. The van der Waals surface area contributed by atoms with Gasteiger partial charge in [-0.15, -0.1) is 0 Å². The van der Waals surface area contributed by atoms with Crippen molar-refractivity contribution >= 4 is 29.0 Å². The molecule has 20 heavy (non-hydrogen) atoms. The topological polar surface area (TPSA) is 76.9 Å². The van der Waals surface area contributed by atoms with E-state index in [2.05, 4.69) is 5.10 Å². The van der Waals surface area contributed by atoms with Crippen LogP contribution in [0.2, 0.25) is 10.2 Å². The Balaban J connectivity index is 2.27. The van der Waals surface area contributed by atoms with Crippen LogP contribution in [-0.4, -0.2) is 15.6 Å². The fourth-order valence-electron chi connectivity index (χ4n) is 1.83. The average Bonchev–Trinajstić information content (AvgIpc) is 2.61. The maximum Gasteiger partial charge on any atom is 0.133 e. The number of benzene rings is 1. The second kappa shape index (κ2) is 5.73. The molecule has 0 radical (unpaired) electrons. The molecule has 0 atom stereocenters. The number of aromatic nitrogens is 2. The maximum atomic E-state index is 7.53. The lowest BCUT2D eigenvalue weighted by Gasteiger charge is -2.11. The lowest BCUT2D eigenvalue weighted by Crippen LogP contribution is -2.13. The third-order valence-corrected chi connectivity index (χ3v) is 3.58. The normalized spacial score (nSPS) is 10.6. The van der Waals surface area contributed by atoms with Crippen LogP contribution in [0.15, 0.2) is 18.2 Å². The molecule has 0 aliphatic carbocycles. The Labute approximate surface area is 126 Å². The van der Waals surface area contributed by atoms with Crippen molar-refractivity contribution in [3.63, 3.8) is 0 Å². The van der Waals surface area contributed by atoms with Crippen molar-refractivity contribution in [1.82, 2.24) is 9.78 Å². The van der Waals surface area contributed by atoms with Crippen molar-refractivity contribution in [3.8, 4) is 5.75 Å². The number of nitrogens with zero attached hydrogens (tertiary/aromatic N) is 2. The number of rotatable bonds is 4. The van der Waals surface area contributed by atoms with Gasteiger partial charge in [0.2, 0.25) is 0 Å². The summed E-state index contributed by atoms with van der Waals surface area (Å²) in [6.07, 6.45) is 0. The Hall–Kier alpha value is -1.72. The highest BCUT2D eigenvalue weighted by Gasteiger charge is 2.14. The Morgan fingerprint density at radius 2 is 2.15 bits per heavy atom. The fourth-order valence-corrected chi connectivity index (χ4v) is 2.22. The minimum Gasteiger partial charge on any atom is -0.488 e. The fraction of sp³-hybridized carbons (Fsp3) is 0.231. The smallest absolute Gasteiger partial charge is 0.133 e. The summed E-state index contributed by atoms with van der Waals surface area (Å²) in [6, 6.07) is 4.93. The predicted octanol–water partition coefficient (Wildman–Crippen LogP) is 2.90. The van der Waals surface area contributed by atoms with Crippen molar-refractivity contribution in [2.24, 2.45) is 12.8 Å². The van der Waals surface area contributed by atoms with Gasteiger partial charge in [-0.3, -0.25) is 10.1 Å². The summed E-state index contributed by atoms with van der Waals surface area (Å²) in [4.78, 5) is 0. The van der Waals surface area contributed by atoms with Gasteiger partial charge in [0.1, 0.15) is 23.3 Å². The van der Waals surface area contributed by atoms with Crippen molar-refractivity contribution in [3.05, 3.63) is 45.2 Å². The largest absolute Gasteiger partial charge is 0.488 e. The molecule has 0 fully saturated rings. The van der Waals surface area contributed by atoms with Crippen molar-refractivity contribution < 1.29 is 4.74 Å². The molecule has 7 heteroatoms. The number of nitrogens with two attached hydrogens (primary N) is 1. The molecule has 1 heterocycles. The van der Waals surface area contributed by atoms with Gasteiger partial charge in [0.25, 0.3) is 0 Å². The lowest BCUT2D eigenvalue weighted by molar-refractivity contribution is 0.305. The second-order valence-electron chi connectivity index (χ2n) is 4.32.